The van der Waals surface area contributed by atoms with Gasteiger partial charge in [0.1, 0.15) is 66.6 Å². The molecule has 8 rings (SSSR count). The normalized spacial score (nSPS) is 28.0. The van der Waals surface area contributed by atoms with Gasteiger partial charge in [-0.1, -0.05) is 89.1 Å². The molecule has 0 saturated carbocycles. The fraction of sp³-hybridized carbons (Fsp3) is 0.619. The molecule has 708 valence electrons. The first kappa shape index (κ1) is 105. The SMILES string of the molecule is CCN(C(=O)OCc1ccc(NC(=O)[C@H](CCCNC(N)=O)NC(=O)[C@@H](NC(=O)[C@H](CCCCN)NC(C)=O)C(C)C)cc1)[C@H]1CO[C@@H](O[C@H]2[C@H](O[C@H]3C#CC=CC#C[C@]4(O)CC(=O)C(NC(=O)OC)=C3/C4=C\CSSC(C)C(=O)O)O[C@H](C)[C@@H](NO[C@H]3C[C@H](O)[C@H](SC(=O)c4c(C)c(I)c(O[C@@H]5O[C@@H](C)[C@H](O)[C@@H](OC)[C@H]5O)c(OC)c4OC)[C@@H](C)O3)[C@@H]2O)C[C@@H]1OC. The Balaban J connectivity index is 1.01. The van der Waals surface area contributed by atoms with Gasteiger partial charge >= 0.3 is 24.2 Å². The Hall–Kier alpha value is -8.18. The van der Waals surface area contributed by atoms with Crippen molar-refractivity contribution in [2.24, 2.45) is 17.4 Å². The van der Waals surface area contributed by atoms with Crippen LogP contribution in [-0.4, -0.2) is 300 Å². The number of aliphatic hydroxyl groups is 5. The maximum Gasteiger partial charge on any atom is 0.411 e. The van der Waals surface area contributed by atoms with E-state index in [-0.39, 0.29) is 104 Å². The molecule has 17 N–H and O–H groups in total. The minimum absolute atomic E-state index is 0.00721. The lowest BCUT2D eigenvalue weighted by Crippen LogP contribution is -2.65. The van der Waals surface area contributed by atoms with Gasteiger partial charge in [-0.15, -0.1) is 0 Å². The van der Waals surface area contributed by atoms with Gasteiger partial charge in [-0.3, -0.25) is 43.7 Å². The molecule has 40 nitrogen and oxygen atoms in total. The predicted octanol–water partition coefficient (Wildman–Crippen LogP) is 3.09. The molecular formula is C84H117IN10O30S3. The average Bonchev–Trinajstić information content (AvgIpc) is 0.747. The van der Waals surface area contributed by atoms with Crippen LogP contribution in [0.25, 0.3) is 0 Å². The quantitative estimate of drug-likeness (QED) is 0.0149. The number of carboxylic acid groups (broad SMARTS) is 1. The van der Waals surface area contributed by atoms with Crippen molar-refractivity contribution in [2.75, 3.05) is 72.9 Å². The lowest BCUT2D eigenvalue weighted by molar-refractivity contribution is -0.337. The van der Waals surface area contributed by atoms with E-state index in [1.54, 1.807) is 72.7 Å². The number of Topliss-reactive ketones (excluding diaryl/α,β-unsaturated/α-hetero) is 1. The summed E-state index contributed by atoms with van der Waals surface area (Å²) >= 11 is 2.73. The molecule has 128 heavy (non-hydrogen) atoms. The molecule has 1 unspecified atom stereocenters. The molecule has 2 aliphatic carbocycles. The van der Waals surface area contributed by atoms with Gasteiger partial charge in [0.25, 0.3) is 0 Å². The van der Waals surface area contributed by atoms with Crippen LogP contribution >= 0.6 is 55.9 Å². The van der Waals surface area contributed by atoms with Crippen LogP contribution in [0.4, 0.5) is 20.1 Å². The van der Waals surface area contributed by atoms with Gasteiger partial charge in [-0.05, 0) is 144 Å². The van der Waals surface area contributed by atoms with Crippen molar-refractivity contribution in [3.8, 4) is 40.9 Å². The summed E-state index contributed by atoms with van der Waals surface area (Å²) < 4.78 is 79.3. The number of carbonyl (C=O) groups is 10. The number of nitrogens with two attached hydrogens (primary N) is 2. The number of nitrogens with zero attached hydrogens (tertiary/aromatic N) is 1. The highest BCUT2D eigenvalue weighted by molar-refractivity contribution is 14.1. The number of nitrogens with one attached hydrogen (secondary N) is 7. The summed E-state index contributed by atoms with van der Waals surface area (Å²) in [6.07, 6.45) is -16.9. The van der Waals surface area contributed by atoms with Crippen LogP contribution in [0.2, 0.25) is 0 Å². The van der Waals surface area contributed by atoms with Crippen LogP contribution < -0.4 is 63.1 Å². The summed E-state index contributed by atoms with van der Waals surface area (Å²) in [6, 6.07) is 0.0473. The molecule has 4 saturated heterocycles. The third-order valence-electron chi connectivity index (χ3n) is 21.8. The van der Waals surface area contributed by atoms with Crippen molar-refractivity contribution >= 4 is 120 Å². The van der Waals surface area contributed by atoms with Crippen LogP contribution in [-0.2, 0) is 87.6 Å². The number of aliphatic carboxylic acids is 1. The van der Waals surface area contributed by atoms with Gasteiger partial charge in [0, 0.05) is 69.7 Å². The summed E-state index contributed by atoms with van der Waals surface area (Å²) in [5.41, 5.74) is 12.0. The Morgan fingerprint density at radius 2 is 1.47 bits per heavy atom. The lowest BCUT2D eigenvalue weighted by atomic mass is 9.75. The fourth-order valence-electron chi connectivity index (χ4n) is 14.9. The second kappa shape index (κ2) is 49.9. The van der Waals surface area contributed by atoms with E-state index in [1.165, 1.54) is 65.4 Å². The van der Waals surface area contributed by atoms with Crippen molar-refractivity contribution in [3.05, 3.63) is 79.6 Å². The van der Waals surface area contributed by atoms with Gasteiger partial charge in [0.15, 0.2) is 41.8 Å². The van der Waals surface area contributed by atoms with Gasteiger partial charge < -0.3 is 135 Å². The summed E-state index contributed by atoms with van der Waals surface area (Å²) in [7, 11) is 8.54. The smallest absolute Gasteiger partial charge is 0.411 e. The monoisotopic (exact) mass is 1970 g/mol. The Kier molecular flexibility index (Phi) is 41.0. The number of rotatable bonds is 41. The number of ketones is 1. The number of thioether (sulfide) groups is 1. The van der Waals surface area contributed by atoms with Crippen molar-refractivity contribution < 1.29 is 145 Å². The molecule has 4 heterocycles. The fourth-order valence-corrected chi connectivity index (χ4v) is 18.6. The Morgan fingerprint density at radius 3 is 2.10 bits per heavy atom. The third kappa shape index (κ3) is 27.7. The zero-order valence-electron chi connectivity index (χ0n) is 73.4. The van der Waals surface area contributed by atoms with Crippen LogP contribution in [0.5, 0.6) is 17.2 Å². The molecular weight excluding hydrogens is 1850 g/mol. The first-order valence-corrected chi connectivity index (χ1v) is 45.8. The van der Waals surface area contributed by atoms with E-state index in [2.05, 4.69) is 61.1 Å². The number of carbonyl (C=O) groups excluding carboxylic acids is 9. The second-order valence-corrected chi connectivity index (χ2v) is 36.1. The highest BCUT2D eigenvalue weighted by atomic mass is 127. The standard InChI is InChI=1S/C84H117IN10O30S3/c1-15-95(83(110)118-38-47-26-28-48(29-27-47)90-74(102)51(24-22-33-88-81(87)108)91-76(104)62(40(2)3)92-75(103)50(89-46(9)96)23-19-21-32-86)52-39-117-57(36-56(52)112-10)123-71-66(100)63(42(5)120-80(71)122-55-25-18-16-17-20-31-84(111)37-54(98)64(93-82(109)116-14)60(55)49(84)30-34-126-128-45(8)77(105)106)94-125-58-35-53(97)73(44(7)119-58)127-78(107)59-41(4)61(85)69(72(115-13)68(59)113-11)124-79-67(101)70(114-12)65(99)43(6)121-79/h16-17,26-30,40,42-45,50-53,55-58,62-63,65-67,70-71,73,79-80,94,97,99-101,111H,15,19,21-24,32-39,86H2,1-14H3,(H,89,96)(H,90,102)(H,91,104)(H,92,103)(H,93,109)(H,105,106)(H3,87,88,108)/b17-16?,49-30+/t42-,43+,44-,45?,50+,51+,52+,53+,55+,56+,57+,58+,62+,63-,65+,66+,67-,70-,71-,73-,79+,80+,84+/m1/s1. The minimum Gasteiger partial charge on any atom is -0.492 e. The highest BCUT2D eigenvalue weighted by Crippen LogP contribution is 2.49. The number of alkyl carbamates (subject to hydrolysis) is 1. The number of ether oxygens (including phenoxy) is 13. The van der Waals surface area contributed by atoms with Gasteiger partial charge in [-0.2, -0.15) is 5.48 Å². The largest absolute Gasteiger partial charge is 0.492 e. The molecule has 4 fully saturated rings. The first-order valence-electron chi connectivity index (χ1n) is 41.5. The maximum absolute atomic E-state index is 14.7. The number of urea groups is 1. The molecule has 4 aliphatic heterocycles. The zero-order chi connectivity index (χ0) is 94.1. The zero-order valence-corrected chi connectivity index (χ0v) is 78.0. The number of aliphatic hydroxyl groups excluding tert-OH is 4. The van der Waals surface area contributed by atoms with Crippen molar-refractivity contribution in [1.82, 2.24) is 37.0 Å². The molecule has 44 heteroatoms. The number of hydroxylamine groups is 1. The maximum atomic E-state index is 14.7. The van der Waals surface area contributed by atoms with E-state index < -0.39 is 215 Å². The molecule has 2 aromatic carbocycles. The van der Waals surface area contributed by atoms with Gasteiger partial charge in [0.2, 0.25) is 40.8 Å². The van der Waals surface area contributed by atoms with Gasteiger partial charge in [-0.25, -0.2) is 14.4 Å². The molecule has 6 aliphatic rings. The van der Waals surface area contributed by atoms with Crippen molar-refractivity contribution in [3.63, 3.8) is 0 Å². The van der Waals surface area contributed by atoms with E-state index in [1.807, 2.05) is 22.6 Å². The number of carboxylic acids is 1. The number of benzene rings is 2. The van der Waals surface area contributed by atoms with E-state index >= 15 is 0 Å². The first-order chi connectivity index (χ1) is 60.9. The topological polar surface area (TPSA) is 561 Å². The molecule has 23 atom stereocenters. The average molecular weight is 1970 g/mol. The number of hydrogen-bond donors (Lipinski definition) is 15. The number of halogens is 1. The molecule has 0 spiro atoms. The van der Waals surface area contributed by atoms with E-state index in [4.69, 9.17) is 77.9 Å². The van der Waals surface area contributed by atoms with Gasteiger partial charge in [0.05, 0.1) is 97.0 Å². The van der Waals surface area contributed by atoms with Crippen LogP contribution in [0.15, 0.2) is 59.3 Å². The molecule has 0 radical (unpaired) electrons. The number of unbranched alkanes of at least 4 members (excludes halogenated alkanes) is 1. The highest BCUT2D eigenvalue weighted by Gasteiger charge is 2.53. The lowest BCUT2D eigenvalue weighted by Gasteiger charge is -2.47. The number of primary amides is 1. The van der Waals surface area contributed by atoms with Crippen molar-refractivity contribution in [1.29, 1.82) is 0 Å². The van der Waals surface area contributed by atoms with Crippen LogP contribution in [0, 0.1) is 40.1 Å². The van der Waals surface area contributed by atoms with E-state index in [0.717, 1.165) is 40.5 Å². The summed E-state index contributed by atoms with van der Waals surface area (Å²) in [4.78, 5) is 141. The predicted molar refractivity (Wildman–Crippen MR) is 473 cm³/mol. The minimum atomic E-state index is -2.29. The summed E-state index contributed by atoms with van der Waals surface area (Å²) in [5.74, 6) is 6.43. The Labute approximate surface area is 767 Å². The molecule has 2 bridgehead atoms. The second-order valence-electron chi connectivity index (χ2n) is 31.1. The molecule has 2 aromatic rings. The number of amides is 8. The Morgan fingerprint density at radius 1 is 0.781 bits per heavy atom. The third-order valence-corrected chi connectivity index (χ3v) is 27.1. The van der Waals surface area contributed by atoms with Crippen LogP contribution in [0.1, 0.15) is 128 Å². The number of allylic oxidation sites excluding steroid dienone is 3. The summed E-state index contributed by atoms with van der Waals surface area (Å²) in [5, 5.41) is 82.4. The van der Waals surface area contributed by atoms with Crippen LogP contribution in [0.3, 0.4) is 0 Å². The Bertz CT molecular complexity index is 4450. The summed E-state index contributed by atoms with van der Waals surface area (Å²) in [6.45, 7) is 14.2. The number of anilines is 1. The number of fused-ring (bicyclic) bond motifs is 2. The van der Waals surface area contributed by atoms with E-state index in [9.17, 15) is 78.6 Å². The number of likely N-dealkylation sites (N-methyl/N-ethyl adjacent to an activating group) is 1. The van der Waals surface area contributed by atoms with E-state index in [0.29, 0.717) is 34.1 Å². The molecule has 8 amide bonds. The molecule has 0 aromatic heterocycles. The number of methoxy groups -OCH3 is 5. The number of hydrogen-bond acceptors (Lipinski definition) is 34. The van der Waals surface area contributed by atoms with Crippen molar-refractivity contribution in [2.45, 2.75) is 259 Å².